The van der Waals surface area contributed by atoms with Crippen molar-refractivity contribution in [2.75, 3.05) is 19.8 Å². The number of ketones is 1. The Morgan fingerprint density at radius 2 is 2.15 bits per heavy atom. The molecule has 110 valence electrons. The second kappa shape index (κ2) is 5.06. The highest BCUT2D eigenvalue weighted by Crippen LogP contribution is 2.44. The molecule has 0 spiro atoms. The van der Waals surface area contributed by atoms with Gasteiger partial charge in [-0.25, -0.2) is 4.79 Å². The fraction of sp³-hybridized carbons (Fsp3) is 0.786. The molecule has 1 unspecified atom stereocenters. The molecule has 1 heterocycles. The Morgan fingerprint density at radius 3 is 2.65 bits per heavy atom. The van der Waals surface area contributed by atoms with Gasteiger partial charge in [0.1, 0.15) is 11.4 Å². The lowest BCUT2D eigenvalue weighted by atomic mass is 9.63. The Bertz CT molecular complexity index is 453. The number of Topliss-reactive ketones (excluding diaryl/α,β-unsaturated/α-hetero) is 1. The predicted octanol–water partition coefficient (Wildman–Crippen LogP) is 1.50. The topological polar surface area (TPSA) is 79.6 Å². The number of rotatable bonds is 1. The number of carbonyl (C=O) groups is 2. The van der Waals surface area contributed by atoms with E-state index in [0.717, 1.165) is 0 Å². The number of hydrogen-bond acceptors (Lipinski definition) is 5. The summed E-state index contributed by atoms with van der Waals surface area (Å²) >= 11 is 0. The van der Waals surface area contributed by atoms with Gasteiger partial charge < -0.3 is 9.47 Å². The van der Waals surface area contributed by atoms with Crippen LogP contribution in [0.5, 0.6) is 0 Å². The van der Waals surface area contributed by atoms with E-state index < -0.39 is 23.2 Å². The molecule has 2 fully saturated rings. The molecule has 0 radical (unpaired) electrons. The molecule has 1 aliphatic heterocycles. The summed E-state index contributed by atoms with van der Waals surface area (Å²) in [7, 11) is 0. The normalized spacial score (nSPS) is 25.6. The number of ether oxygens (including phenoxy) is 2. The maximum Gasteiger partial charge on any atom is 0.410 e. The van der Waals surface area contributed by atoms with Gasteiger partial charge in [0, 0.05) is 19.4 Å². The van der Waals surface area contributed by atoms with Gasteiger partial charge in [0.05, 0.1) is 30.7 Å². The van der Waals surface area contributed by atoms with Gasteiger partial charge in [0.2, 0.25) is 0 Å². The zero-order valence-corrected chi connectivity index (χ0v) is 12.1. The highest BCUT2D eigenvalue weighted by atomic mass is 16.6. The molecule has 2 rings (SSSR count). The predicted molar refractivity (Wildman–Crippen MR) is 69.8 cm³/mol. The summed E-state index contributed by atoms with van der Waals surface area (Å²) < 4.78 is 10.8. The maximum atomic E-state index is 12.3. The van der Waals surface area contributed by atoms with Crippen molar-refractivity contribution in [3.63, 3.8) is 0 Å². The minimum Gasteiger partial charge on any atom is -0.444 e. The SMILES string of the molecule is CC(C)(C)OC(=O)N1CCOCC1C1(C#N)CC(=O)C1. The zero-order valence-electron chi connectivity index (χ0n) is 12.1. The van der Waals surface area contributed by atoms with E-state index in [1.54, 1.807) is 25.7 Å². The fourth-order valence-corrected chi connectivity index (χ4v) is 2.64. The molecule has 6 heteroatoms. The Hall–Kier alpha value is -1.61. The smallest absolute Gasteiger partial charge is 0.410 e. The lowest BCUT2D eigenvalue weighted by molar-refractivity contribution is -0.138. The molecular formula is C14H20N2O4. The second-order valence-electron chi connectivity index (χ2n) is 6.42. The van der Waals surface area contributed by atoms with Crippen LogP contribution < -0.4 is 0 Å². The van der Waals surface area contributed by atoms with Gasteiger partial charge in [-0.05, 0) is 20.8 Å². The first-order valence-corrected chi connectivity index (χ1v) is 6.78. The monoisotopic (exact) mass is 280 g/mol. The minimum atomic E-state index is -0.811. The highest BCUT2D eigenvalue weighted by molar-refractivity contribution is 5.88. The Balaban J connectivity index is 2.16. The Morgan fingerprint density at radius 1 is 1.50 bits per heavy atom. The number of nitrogens with zero attached hydrogens (tertiary/aromatic N) is 2. The average molecular weight is 280 g/mol. The molecule has 0 aromatic carbocycles. The van der Waals surface area contributed by atoms with Crippen LogP contribution >= 0.6 is 0 Å². The zero-order chi connectivity index (χ0) is 15.0. The van der Waals surface area contributed by atoms with E-state index in [0.29, 0.717) is 13.2 Å². The third-order valence-corrected chi connectivity index (χ3v) is 3.64. The molecule has 2 aliphatic rings. The van der Waals surface area contributed by atoms with E-state index in [-0.39, 0.29) is 25.2 Å². The molecular weight excluding hydrogens is 260 g/mol. The molecule has 1 saturated heterocycles. The first-order chi connectivity index (χ1) is 9.27. The van der Waals surface area contributed by atoms with Crippen molar-refractivity contribution in [1.29, 1.82) is 5.26 Å². The summed E-state index contributed by atoms with van der Waals surface area (Å²) in [4.78, 5) is 25.1. The van der Waals surface area contributed by atoms with Gasteiger partial charge in [-0.3, -0.25) is 9.69 Å². The Labute approximate surface area is 118 Å². The molecule has 1 amide bonds. The van der Waals surface area contributed by atoms with Crippen molar-refractivity contribution in [3.05, 3.63) is 0 Å². The molecule has 6 nitrogen and oxygen atoms in total. The first kappa shape index (κ1) is 14.8. The highest BCUT2D eigenvalue weighted by Gasteiger charge is 2.54. The van der Waals surface area contributed by atoms with E-state index in [4.69, 9.17) is 9.47 Å². The van der Waals surface area contributed by atoms with Crippen LogP contribution in [-0.4, -0.2) is 48.2 Å². The van der Waals surface area contributed by atoms with E-state index >= 15 is 0 Å². The van der Waals surface area contributed by atoms with E-state index in [1.165, 1.54) is 0 Å². The second-order valence-corrected chi connectivity index (χ2v) is 6.42. The van der Waals surface area contributed by atoms with Crippen LogP contribution in [-0.2, 0) is 14.3 Å². The summed E-state index contributed by atoms with van der Waals surface area (Å²) in [5.41, 5.74) is -1.40. The summed E-state index contributed by atoms with van der Waals surface area (Å²) in [5, 5.41) is 9.40. The summed E-state index contributed by atoms with van der Waals surface area (Å²) in [6.45, 7) is 6.48. The van der Waals surface area contributed by atoms with E-state index in [2.05, 4.69) is 6.07 Å². The fourth-order valence-electron chi connectivity index (χ4n) is 2.64. The average Bonchev–Trinajstić information content (AvgIpc) is 2.32. The largest absolute Gasteiger partial charge is 0.444 e. The maximum absolute atomic E-state index is 12.3. The van der Waals surface area contributed by atoms with Crippen LogP contribution in [0, 0.1) is 16.7 Å². The van der Waals surface area contributed by atoms with Gasteiger partial charge in [-0.15, -0.1) is 0 Å². The van der Waals surface area contributed by atoms with Crippen molar-refractivity contribution < 1.29 is 19.1 Å². The minimum absolute atomic E-state index is 0.0567. The standard InChI is InChI=1S/C14H20N2O4/c1-13(2,3)20-12(18)16-4-5-19-8-11(16)14(9-15)6-10(17)7-14/h11H,4-8H2,1-3H3. The van der Waals surface area contributed by atoms with Gasteiger partial charge in [0.25, 0.3) is 0 Å². The van der Waals surface area contributed by atoms with Crippen LogP contribution in [0.3, 0.4) is 0 Å². The molecule has 1 atom stereocenters. The van der Waals surface area contributed by atoms with Gasteiger partial charge >= 0.3 is 6.09 Å². The summed E-state index contributed by atoms with van der Waals surface area (Å²) in [5.74, 6) is 0.0567. The number of nitriles is 1. The van der Waals surface area contributed by atoms with Crippen LogP contribution in [0.25, 0.3) is 0 Å². The first-order valence-electron chi connectivity index (χ1n) is 6.78. The number of hydrogen-bond donors (Lipinski definition) is 0. The molecule has 0 aromatic heterocycles. The van der Waals surface area contributed by atoms with Gasteiger partial charge in [-0.1, -0.05) is 0 Å². The number of amides is 1. The van der Waals surface area contributed by atoms with Crippen molar-refractivity contribution >= 4 is 11.9 Å². The van der Waals surface area contributed by atoms with Crippen molar-refractivity contribution in [2.45, 2.75) is 45.3 Å². The quantitative estimate of drug-likeness (QED) is 0.727. The molecule has 20 heavy (non-hydrogen) atoms. The lowest BCUT2D eigenvalue weighted by Gasteiger charge is -2.47. The lowest BCUT2D eigenvalue weighted by Crippen LogP contribution is -2.61. The molecule has 1 aliphatic carbocycles. The molecule has 0 aromatic rings. The van der Waals surface area contributed by atoms with E-state index in [1.807, 2.05) is 0 Å². The molecule has 0 bridgehead atoms. The van der Waals surface area contributed by atoms with Gasteiger partial charge in [0.15, 0.2) is 0 Å². The third-order valence-electron chi connectivity index (χ3n) is 3.64. The molecule has 0 N–H and O–H groups in total. The van der Waals surface area contributed by atoms with Crippen molar-refractivity contribution in [1.82, 2.24) is 4.90 Å². The van der Waals surface area contributed by atoms with Crippen molar-refractivity contribution in [3.8, 4) is 6.07 Å². The van der Waals surface area contributed by atoms with Crippen LogP contribution in [0.1, 0.15) is 33.6 Å². The number of carbonyl (C=O) groups excluding carboxylic acids is 2. The van der Waals surface area contributed by atoms with Crippen LogP contribution in [0.15, 0.2) is 0 Å². The van der Waals surface area contributed by atoms with Crippen LogP contribution in [0.2, 0.25) is 0 Å². The third kappa shape index (κ3) is 2.78. The molecule has 1 saturated carbocycles. The summed E-state index contributed by atoms with van der Waals surface area (Å²) in [6.07, 6.45) is -0.0621. The number of morpholine rings is 1. The Kier molecular flexibility index (Phi) is 3.74. The summed E-state index contributed by atoms with van der Waals surface area (Å²) in [6, 6.07) is 1.80. The van der Waals surface area contributed by atoms with Gasteiger partial charge in [-0.2, -0.15) is 5.26 Å². The van der Waals surface area contributed by atoms with Crippen molar-refractivity contribution in [2.24, 2.45) is 5.41 Å². The van der Waals surface area contributed by atoms with E-state index in [9.17, 15) is 14.9 Å². The van der Waals surface area contributed by atoms with Crippen LogP contribution in [0.4, 0.5) is 4.79 Å².